The van der Waals surface area contributed by atoms with E-state index in [1.165, 1.54) is 12.1 Å². The molecule has 1 aromatic carbocycles. The zero-order valence-corrected chi connectivity index (χ0v) is 10.9. The van der Waals surface area contributed by atoms with Crippen molar-refractivity contribution >= 4 is 17.9 Å². The predicted molar refractivity (Wildman–Crippen MR) is 66.6 cm³/mol. The minimum atomic E-state index is -1.35. The molecule has 6 nitrogen and oxygen atoms in total. The monoisotopic (exact) mass is 262 g/mol. The molecule has 0 spiro atoms. The number of rotatable bonds is 1. The van der Waals surface area contributed by atoms with Gasteiger partial charge in [0.1, 0.15) is 0 Å². The molecule has 0 aliphatic carbocycles. The van der Waals surface area contributed by atoms with Crippen molar-refractivity contribution in [2.24, 2.45) is 0 Å². The minimum absolute atomic E-state index is 0.225. The lowest BCUT2D eigenvalue weighted by Crippen LogP contribution is -2.57. The number of benzene rings is 1. The average Bonchev–Trinajstić information content (AvgIpc) is 2.53. The molecule has 1 heterocycles. The van der Waals surface area contributed by atoms with Crippen molar-refractivity contribution in [3.05, 3.63) is 35.4 Å². The third kappa shape index (κ3) is 1.95. The molecule has 1 N–H and O–H groups in total. The molecule has 100 valence electrons. The Labute approximate surface area is 110 Å². The molecular weight excluding hydrogens is 248 g/mol. The van der Waals surface area contributed by atoms with Gasteiger partial charge in [-0.2, -0.15) is 5.01 Å². The molecular formula is C13H14N2O4. The van der Waals surface area contributed by atoms with Crippen LogP contribution in [0, 0.1) is 0 Å². The smallest absolute Gasteiger partial charge is 0.427 e. The zero-order valence-electron chi connectivity index (χ0n) is 10.9. The predicted octanol–water partition coefficient (Wildman–Crippen LogP) is 1.98. The van der Waals surface area contributed by atoms with Gasteiger partial charge in [-0.05, 0) is 32.9 Å². The van der Waals surface area contributed by atoms with Gasteiger partial charge in [0.2, 0.25) is 0 Å². The van der Waals surface area contributed by atoms with Crippen molar-refractivity contribution in [3.63, 3.8) is 0 Å². The van der Waals surface area contributed by atoms with Crippen LogP contribution in [0.25, 0.3) is 0 Å². The zero-order chi connectivity index (χ0) is 14.4. The molecule has 0 atom stereocenters. The molecule has 1 aromatic rings. The highest BCUT2D eigenvalue weighted by atomic mass is 16.4. The van der Waals surface area contributed by atoms with Gasteiger partial charge in [0.15, 0.2) is 0 Å². The Morgan fingerprint density at radius 1 is 1.11 bits per heavy atom. The van der Waals surface area contributed by atoms with Crippen LogP contribution in [0.1, 0.15) is 41.5 Å². The second kappa shape index (κ2) is 4.08. The lowest BCUT2D eigenvalue weighted by atomic mass is 10.1. The van der Waals surface area contributed by atoms with Crippen LogP contribution in [0.4, 0.5) is 4.79 Å². The molecule has 19 heavy (non-hydrogen) atoms. The van der Waals surface area contributed by atoms with Crippen molar-refractivity contribution in [2.75, 3.05) is 0 Å². The Bertz CT molecular complexity index is 539. The van der Waals surface area contributed by atoms with Gasteiger partial charge in [0.05, 0.1) is 16.7 Å². The van der Waals surface area contributed by atoms with E-state index in [9.17, 15) is 19.5 Å². The van der Waals surface area contributed by atoms with Gasteiger partial charge in [0.25, 0.3) is 11.8 Å². The number of fused-ring (bicyclic) bond motifs is 1. The van der Waals surface area contributed by atoms with Crippen molar-refractivity contribution < 1.29 is 19.5 Å². The van der Waals surface area contributed by atoms with Crippen molar-refractivity contribution in [3.8, 4) is 0 Å². The van der Waals surface area contributed by atoms with Crippen molar-refractivity contribution in [1.82, 2.24) is 10.0 Å². The lowest BCUT2D eigenvalue weighted by molar-refractivity contribution is -0.0302. The van der Waals surface area contributed by atoms with E-state index in [-0.39, 0.29) is 11.1 Å². The van der Waals surface area contributed by atoms with Crippen LogP contribution in [0.5, 0.6) is 0 Å². The number of carbonyl (C=O) groups is 3. The fourth-order valence-electron chi connectivity index (χ4n) is 2.03. The van der Waals surface area contributed by atoms with Crippen LogP contribution in [0.15, 0.2) is 24.3 Å². The number of carboxylic acid groups (broad SMARTS) is 1. The van der Waals surface area contributed by atoms with E-state index < -0.39 is 23.4 Å². The molecule has 3 amide bonds. The maximum Gasteiger partial charge on any atom is 0.427 e. The summed E-state index contributed by atoms with van der Waals surface area (Å²) < 4.78 is 0. The molecule has 0 aromatic heterocycles. The first kappa shape index (κ1) is 13.1. The van der Waals surface area contributed by atoms with Crippen molar-refractivity contribution in [1.29, 1.82) is 0 Å². The van der Waals surface area contributed by atoms with E-state index in [0.29, 0.717) is 5.01 Å². The molecule has 1 aliphatic rings. The van der Waals surface area contributed by atoms with E-state index in [1.54, 1.807) is 32.9 Å². The number of hydrogen-bond acceptors (Lipinski definition) is 3. The summed E-state index contributed by atoms with van der Waals surface area (Å²) in [7, 11) is 0. The van der Waals surface area contributed by atoms with Crippen LogP contribution >= 0.6 is 0 Å². The van der Waals surface area contributed by atoms with Gasteiger partial charge in [0, 0.05) is 0 Å². The van der Waals surface area contributed by atoms with E-state index in [1.807, 2.05) is 0 Å². The first-order valence-corrected chi connectivity index (χ1v) is 5.76. The Hall–Kier alpha value is -2.37. The van der Waals surface area contributed by atoms with E-state index in [0.717, 1.165) is 5.01 Å². The summed E-state index contributed by atoms with van der Waals surface area (Å²) in [5, 5.41) is 10.7. The molecule has 0 fully saturated rings. The largest absolute Gasteiger partial charge is 0.464 e. The van der Waals surface area contributed by atoms with Crippen LogP contribution in [-0.4, -0.2) is 38.6 Å². The van der Waals surface area contributed by atoms with E-state index in [2.05, 4.69) is 0 Å². The third-order valence-electron chi connectivity index (χ3n) is 2.79. The number of amides is 3. The van der Waals surface area contributed by atoms with Gasteiger partial charge in [-0.1, -0.05) is 12.1 Å². The van der Waals surface area contributed by atoms with Crippen LogP contribution in [-0.2, 0) is 0 Å². The average molecular weight is 262 g/mol. The second-order valence-corrected chi connectivity index (χ2v) is 5.23. The number of imide groups is 1. The summed E-state index contributed by atoms with van der Waals surface area (Å²) >= 11 is 0. The SMILES string of the molecule is CC(C)(C)N(C(=O)O)N1C(=O)c2ccccc2C1=O. The minimum Gasteiger partial charge on any atom is -0.464 e. The number of hydrazine groups is 1. The van der Waals surface area contributed by atoms with Crippen LogP contribution < -0.4 is 0 Å². The van der Waals surface area contributed by atoms with E-state index in [4.69, 9.17) is 0 Å². The summed E-state index contributed by atoms with van der Waals surface area (Å²) in [5.41, 5.74) is -0.454. The standard InChI is InChI=1S/C13H14N2O4/c1-13(2,3)15(12(18)19)14-10(16)8-6-4-5-7-9(8)11(14)17/h4-7H,1-3H3,(H,18,19). The summed E-state index contributed by atoms with van der Waals surface area (Å²) in [4.78, 5) is 35.8. The van der Waals surface area contributed by atoms with Gasteiger partial charge >= 0.3 is 6.09 Å². The second-order valence-electron chi connectivity index (χ2n) is 5.23. The Morgan fingerprint density at radius 2 is 1.53 bits per heavy atom. The van der Waals surface area contributed by atoms with Crippen LogP contribution in [0.2, 0.25) is 0 Å². The molecule has 2 rings (SSSR count). The molecule has 0 unspecified atom stereocenters. The van der Waals surface area contributed by atoms with Gasteiger partial charge < -0.3 is 5.11 Å². The fourth-order valence-corrected chi connectivity index (χ4v) is 2.03. The van der Waals surface area contributed by atoms with E-state index >= 15 is 0 Å². The van der Waals surface area contributed by atoms with Crippen LogP contribution in [0.3, 0.4) is 0 Å². The number of nitrogens with zero attached hydrogens (tertiary/aromatic N) is 2. The number of hydrogen-bond donors (Lipinski definition) is 1. The third-order valence-corrected chi connectivity index (χ3v) is 2.79. The van der Waals surface area contributed by atoms with Crippen molar-refractivity contribution in [2.45, 2.75) is 26.3 Å². The molecule has 0 bridgehead atoms. The highest BCUT2D eigenvalue weighted by Crippen LogP contribution is 2.28. The highest BCUT2D eigenvalue weighted by molar-refractivity contribution is 6.21. The Kier molecular flexibility index (Phi) is 2.81. The van der Waals surface area contributed by atoms with Gasteiger partial charge in [-0.15, -0.1) is 0 Å². The maximum atomic E-state index is 12.2. The summed E-state index contributed by atoms with van der Waals surface area (Å²) in [6.07, 6.45) is -1.35. The maximum absolute atomic E-state index is 12.2. The molecule has 6 heteroatoms. The molecule has 0 radical (unpaired) electrons. The normalized spacial score (nSPS) is 14.6. The fraction of sp³-hybridized carbons (Fsp3) is 0.308. The first-order valence-electron chi connectivity index (χ1n) is 5.76. The highest BCUT2D eigenvalue weighted by Gasteiger charge is 2.45. The summed E-state index contributed by atoms with van der Waals surface area (Å²) in [6.45, 7) is 4.85. The number of carbonyl (C=O) groups excluding carboxylic acids is 2. The summed E-state index contributed by atoms with van der Waals surface area (Å²) in [5.74, 6) is -1.23. The summed E-state index contributed by atoms with van der Waals surface area (Å²) in [6, 6.07) is 6.29. The lowest BCUT2D eigenvalue weighted by Gasteiger charge is -2.37. The molecule has 1 aliphatic heterocycles. The quantitative estimate of drug-likeness (QED) is 0.785. The molecule has 0 saturated heterocycles. The van der Waals surface area contributed by atoms with Gasteiger partial charge in [-0.25, -0.2) is 9.80 Å². The Balaban J connectivity index is 2.52. The Morgan fingerprint density at radius 3 is 1.84 bits per heavy atom. The van der Waals surface area contributed by atoms with Gasteiger partial charge in [-0.3, -0.25) is 9.59 Å². The molecule has 0 saturated carbocycles. The first-order chi connectivity index (χ1) is 8.75. The topological polar surface area (TPSA) is 77.9 Å².